The quantitative estimate of drug-likeness (QED) is 0.127. The Bertz CT molecular complexity index is 4860. The van der Waals surface area contributed by atoms with E-state index < -0.39 is 0 Å². The summed E-state index contributed by atoms with van der Waals surface area (Å²) in [7, 11) is 0. The van der Waals surface area contributed by atoms with Crippen molar-refractivity contribution in [3.05, 3.63) is 251 Å². The highest BCUT2D eigenvalue weighted by Crippen LogP contribution is 2.54. The molecule has 2 aromatic heterocycles. The Morgan fingerprint density at radius 3 is 1.13 bits per heavy atom. The topological polar surface area (TPSA) is 16.3 Å². The van der Waals surface area contributed by atoms with Crippen molar-refractivity contribution in [3.8, 4) is 11.4 Å². The first-order valence-corrected chi connectivity index (χ1v) is 33.5. The standard InChI is InChI=1S/C86H82N4/c1-53(2)71-51-81(89(75-37-19-25-55-23-11-13-31-63(55)75)61-39-45-79-73(49-61)65-33-15-17-35-77(65)87(79)59-29-21-27-57(47-59)85(5,6)7)69-44-42-68-72(54(3)4)52-82(70-43-41-67(71)83(69)84(68)70)90(76-38-20-26-56-24-12-14-32-64(56)76)62-40-46-80-74(50-62)66-34-16-18-36-78(66)88(80)60-30-22-28-58(48-60)86(8,9)10/h15-22,25-30,33-54H,11-14,23-24,31-32H2,1-10H3. The molecule has 12 aromatic carbocycles. The minimum atomic E-state index is 0.0182. The molecule has 0 spiro atoms. The van der Waals surface area contributed by atoms with Crippen LogP contribution in [0.2, 0.25) is 0 Å². The molecule has 2 aliphatic carbocycles. The molecule has 0 radical (unpaired) electrons. The zero-order chi connectivity index (χ0) is 61.5. The van der Waals surface area contributed by atoms with Crippen LogP contribution in [0.25, 0.3) is 87.3 Å². The summed E-state index contributed by atoms with van der Waals surface area (Å²) in [6.07, 6.45) is 9.17. The monoisotopic (exact) mass is 1170 g/mol. The van der Waals surface area contributed by atoms with Crippen LogP contribution in [-0.4, -0.2) is 9.13 Å². The van der Waals surface area contributed by atoms with E-state index in [-0.39, 0.29) is 22.7 Å². The van der Waals surface area contributed by atoms with Gasteiger partial charge in [0.05, 0.1) is 33.4 Å². The largest absolute Gasteiger partial charge is 0.310 e. The van der Waals surface area contributed by atoms with Crippen LogP contribution in [0.5, 0.6) is 0 Å². The molecule has 0 aliphatic heterocycles. The van der Waals surface area contributed by atoms with E-state index in [9.17, 15) is 0 Å². The Labute approximate surface area is 531 Å². The van der Waals surface area contributed by atoms with Gasteiger partial charge in [-0.15, -0.1) is 0 Å². The van der Waals surface area contributed by atoms with Crippen molar-refractivity contribution in [3.63, 3.8) is 0 Å². The number of hydrogen-bond acceptors (Lipinski definition) is 2. The molecule has 14 aromatic rings. The zero-order valence-electron chi connectivity index (χ0n) is 54.2. The molecule has 16 rings (SSSR count). The molecule has 0 saturated heterocycles. The average molecular weight is 1170 g/mol. The molecule has 0 amide bonds. The second kappa shape index (κ2) is 21.3. The summed E-state index contributed by atoms with van der Waals surface area (Å²) in [6, 6.07) is 80.6. The fourth-order valence-electron chi connectivity index (χ4n) is 16.1. The molecular formula is C86H82N4. The van der Waals surface area contributed by atoms with E-state index in [1.807, 2.05) is 0 Å². The van der Waals surface area contributed by atoms with Gasteiger partial charge in [0, 0.05) is 66.4 Å². The van der Waals surface area contributed by atoms with Crippen molar-refractivity contribution in [1.29, 1.82) is 0 Å². The number of aryl methyl sites for hydroxylation is 2. The summed E-state index contributed by atoms with van der Waals surface area (Å²) in [4.78, 5) is 5.37. The lowest BCUT2D eigenvalue weighted by atomic mass is 9.83. The maximum Gasteiger partial charge on any atom is 0.0543 e. The smallest absolute Gasteiger partial charge is 0.0543 e. The number of hydrogen-bond donors (Lipinski definition) is 0. The predicted molar refractivity (Wildman–Crippen MR) is 387 cm³/mol. The first-order valence-electron chi connectivity index (χ1n) is 33.5. The molecule has 0 fully saturated rings. The van der Waals surface area contributed by atoms with Crippen LogP contribution in [-0.2, 0) is 36.5 Å². The molecule has 0 bridgehead atoms. The molecule has 4 nitrogen and oxygen atoms in total. The molecule has 446 valence electrons. The first kappa shape index (κ1) is 56.1. The fourth-order valence-corrected chi connectivity index (χ4v) is 16.1. The maximum atomic E-state index is 2.69. The summed E-state index contributed by atoms with van der Waals surface area (Å²) in [5, 5.41) is 13.0. The van der Waals surface area contributed by atoms with Crippen molar-refractivity contribution in [2.45, 2.75) is 143 Å². The highest BCUT2D eigenvalue weighted by molar-refractivity contribution is 6.30. The Morgan fingerprint density at radius 1 is 0.322 bits per heavy atom. The third-order valence-electron chi connectivity index (χ3n) is 20.6. The summed E-state index contributed by atoms with van der Waals surface area (Å²) in [5.74, 6) is 0.510. The van der Waals surface area contributed by atoms with E-state index in [4.69, 9.17) is 0 Å². The third kappa shape index (κ3) is 8.98. The van der Waals surface area contributed by atoms with Gasteiger partial charge in [0.25, 0.3) is 0 Å². The molecule has 0 N–H and O–H groups in total. The molecule has 2 heterocycles. The molecule has 2 aliphatic rings. The van der Waals surface area contributed by atoms with E-state index in [0.717, 1.165) is 25.7 Å². The second-order valence-corrected chi connectivity index (χ2v) is 29.0. The van der Waals surface area contributed by atoms with Gasteiger partial charge in [0.1, 0.15) is 0 Å². The number of benzene rings is 12. The van der Waals surface area contributed by atoms with Gasteiger partial charge in [-0.25, -0.2) is 0 Å². The van der Waals surface area contributed by atoms with Crippen LogP contribution in [0.4, 0.5) is 34.1 Å². The number of para-hydroxylation sites is 2. The fraction of sp³-hybridized carbons (Fsp3) is 0.256. The summed E-state index contributed by atoms with van der Waals surface area (Å²) in [6.45, 7) is 23.5. The molecule has 0 atom stereocenters. The van der Waals surface area contributed by atoms with Crippen molar-refractivity contribution in [1.82, 2.24) is 9.13 Å². The molecule has 0 saturated carbocycles. The van der Waals surface area contributed by atoms with Crippen molar-refractivity contribution >= 4 is 110 Å². The Balaban J connectivity index is 0.971. The number of fused-ring (bicyclic) bond motifs is 8. The second-order valence-electron chi connectivity index (χ2n) is 29.0. The van der Waals surface area contributed by atoms with Crippen molar-refractivity contribution < 1.29 is 0 Å². The third-order valence-corrected chi connectivity index (χ3v) is 20.6. The Hall–Kier alpha value is -9.12. The number of anilines is 6. The molecular weight excluding hydrogens is 1090 g/mol. The van der Waals surface area contributed by atoms with E-state index >= 15 is 0 Å². The number of nitrogens with zero attached hydrogens (tertiary/aromatic N) is 4. The first-order chi connectivity index (χ1) is 43.6. The summed E-state index contributed by atoms with van der Waals surface area (Å²) >= 11 is 0. The highest BCUT2D eigenvalue weighted by Gasteiger charge is 2.31. The van der Waals surface area contributed by atoms with Gasteiger partial charge in [-0.1, -0.05) is 178 Å². The van der Waals surface area contributed by atoms with E-state index in [1.165, 1.54) is 192 Å². The Kier molecular flexibility index (Phi) is 13.3. The summed E-state index contributed by atoms with van der Waals surface area (Å²) in [5.41, 5.74) is 26.0. The lowest BCUT2D eigenvalue weighted by Gasteiger charge is -2.34. The lowest BCUT2D eigenvalue weighted by molar-refractivity contribution is 0.589. The molecule has 90 heavy (non-hydrogen) atoms. The van der Waals surface area contributed by atoms with Gasteiger partial charge in [-0.05, 0) is 237 Å². The van der Waals surface area contributed by atoms with Crippen LogP contribution >= 0.6 is 0 Å². The van der Waals surface area contributed by atoms with Gasteiger partial charge in [-0.3, -0.25) is 0 Å². The van der Waals surface area contributed by atoms with Crippen molar-refractivity contribution in [2.24, 2.45) is 0 Å². The molecule has 4 heteroatoms. The van der Waals surface area contributed by atoms with Gasteiger partial charge in [-0.2, -0.15) is 0 Å². The maximum absolute atomic E-state index is 2.69. The minimum Gasteiger partial charge on any atom is -0.310 e. The highest BCUT2D eigenvalue weighted by atomic mass is 15.2. The van der Waals surface area contributed by atoms with E-state index in [2.05, 4.69) is 294 Å². The molecule has 0 unspecified atom stereocenters. The lowest BCUT2D eigenvalue weighted by Crippen LogP contribution is -2.17. The van der Waals surface area contributed by atoms with Gasteiger partial charge < -0.3 is 18.9 Å². The average Bonchev–Trinajstić information content (AvgIpc) is 0.865. The number of rotatable bonds is 10. The number of aromatic nitrogens is 2. The zero-order valence-corrected chi connectivity index (χ0v) is 54.2. The van der Waals surface area contributed by atoms with Crippen LogP contribution in [0, 0.1) is 0 Å². The van der Waals surface area contributed by atoms with Crippen LogP contribution in [0.3, 0.4) is 0 Å². The normalized spacial score (nSPS) is 14.0. The van der Waals surface area contributed by atoms with Crippen LogP contribution < -0.4 is 9.80 Å². The minimum absolute atomic E-state index is 0.0182. The summed E-state index contributed by atoms with van der Waals surface area (Å²) < 4.78 is 4.99. The van der Waals surface area contributed by atoms with E-state index in [1.54, 1.807) is 0 Å². The van der Waals surface area contributed by atoms with E-state index in [0.29, 0.717) is 0 Å². The Morgan fingerprint density at radius 2 is 0.711 bits per heavy atom. The van der Waals surface area contributed by atoms with Crippen LogP contribution in [0.1, 0.15) is 151 Å². The van der Waals surface area contributed by atoms with Gasteiger partial charge >= 0.3 is 0 Å². The van der Waals surface area contributed by atoms with Crippen molar-refractivity contribution in [2.75, 3.05) is 9.80 Å². The SMILES string of the molecule is CC(C)c1cc(N(c2ccc3c(c2)c2ccccc2n3-c2cccc(C(C)(C)C)c2)c2cccc3c2CCCC3)c2ccc3c(C(C)C)cc(N(c4ccc5c(c4)c4ccccc4n5-c4cccc(C(C)(C)C)c4)c4cccc5c4CCCC5)c4ccc1c2c34. The van der Waals surface area contributed by atoms with Crippen LogP contribution in [0.15, 0.2) is 206 Å². The predicted octanol–water partition coefficient (Wildman–Crippen LogP) is 24.3. The van der Waals surface area contributed by atoms with Gasteiger partial charge in [0.15, 0.2) is 0 Å². The van der Waals surface area contributed by atoms with Gasteiger partial charge in [0.2, 0.25) is 0 Å².